The van der Waals surface area contributed by atoms with Crippen LogP contribution in [0.4, 0.5) is 4.39 Å². The third-order valence-electron chi connectivity index (χ3n) is 2.99. The van der Waals surface area contributed by atoms with Gasteiger partial charge in [-0.05, 0) is 31.0 Å². The fourth-order valence-electron chi connectivity index (χ4n) is 1.97. The molecule has 2 atom stereocenters. The molecule has 1 heterocycles. The summed E-state index contributed by atoms with van der Waals surface area (Å²) in [7, 11) is 0. The van der Waals surface area contributed by atoms with Gasteiger partial charge in [-0.3, -0.25) is 4.79 Å². The Morgan fingerprint density at radius 3 is 2.56 bits per heavy atom. The van der Waals surface area contributed by atoms with Crippen LogP contribution in [0.3, 0.4) is 0 Å². The molecule has 0 bridgehead atoms. The lowest BCUT2D eigenvalue weighted by Gasteiger charge is -2.24. The van der Waals surface area contributed by atoms with Gasteiger partial charge in [-0.1, -0.05) is 28.1 Å². The van der Waals surface area contributed by atoms with Crippen molar-refractivity contribution in [3.05, 3.63) is 35.6 Å². The first-order valence-electron chi connectivity index (χ1n) is 5.29. The Morgan fingerprint density at radius 2 is 2.06 bits per heavy atom. The van der Waals surface area contributed by atoms with E-state index in [1.54, 1.807) is 12.1 Å². The zero-order chi connectivity index (χ0) is 11.7. The molecule has 1 aliphatic heterocycles. The number of amides is 1. The van der Waals surface area contributed by atoms with Gasteiger partial charge in [0.25, 0.3) is 0 Å². The van der Waals surface area contributed by atoms with Crippen LogP contribution in [0.25, 0.3) is 0 Å². The minimum absolute atomic E-state index is 0.00986. The lowest BCUT2D eigenvalue weighted by atomic mass is 10.1. The molecule has 1 amide bonds. The van der Waals surface area contributed by atoms with Crippen LogP contribution in [0.2, 0.25) is 0 Å². The first-order chi connectivity index (χ1) is 7.59. The molecule has 1 unspecified atom stereocenters. The van der Waals surface area contributed by atoms with Gasteiger partial charge < -0.3 is 4.90 Å². The Hall–Kier alpha value is -0.900. The standard InChI is InChI=1S/C12H13BrFNO/c1-8(9-2-4-10(14)5-3-9)15-7-6-11(13)12(15)16/h2-5,8,11H,6-7H2,1H3/t8-,11?/m0/s1. The van der Waals surface area contributed by atoms with Crippen LogP contribution in [-0.2, 0) is 4.79 Å². The SMILES string of the molecule is C[C@@H](c1ccc(F)cc1)N1CCC(Br)C1=O. The van der Waals surface area contributed by atoms with Gasteiger partial charge in [-0.2, -0.15) is 0 Å². The third-order valence-corrected chi connectivity index (χ3v) is 3.84. The zero-order valence-corrected chi connectivity index (χ0v) is 10.6. The number of likely N-dealkylation sites (tertiary alicyclic amines) is 1. The summed E-state index contributed by atoms with van der Waals surface area (Å²) in [6.45, 7) is 2.73. The Balaban J connectivity index is 2.16. The van der Waals surface area contributed by atoms with Crippen molar-refractivity contribution in [3.63, 3.8) is 0 Å². The Bertz CT molecular complexity index is 393. The maximum Gasteiger partial charge on any atom is 0.236 e. The maximum atomic E-state index is 12.8. The van der Waals surface area contributed by atoms with Crippen molar-refractivity contribution >= 4 is 21.8 Å². The van der Waals surface area contributed by atoms with E-state index in [2.05, 4.69) is 15.9 Å². The summed E-state index contributed by atoms with van der Waals surface area (Å²) in [6, 6.07) is 6.33. The van der Waals surface area contributed by atoms with Crippen molar-refractivity contribution in [1.29, 1.82) is 0 Å². The summed E-state index contributed by atoms with van der Waals surface area (Å²) in [6.07, 6.45) is 0.838. The number of carbonyl (C=O) groups is 1. The van der Waals surface area contributed by atoms with Crippen molar-refractivity contribution < 1.29 is 9.18 Å². The molecule has 16 heavy (non-hydrogen) atoms. The molecule has 1 saturated heterocycles. The van der Waals surface area contributed by atoms with E-state index in [4.69, 9.17) is 0 Å². The fraction of sp³-hybridized carbons (Fsp3) is 0.417. The van der Waals surface area contributed by atoms with E-state index in [9.17, 15) is 9.18 Å². The van der Waals surface area contributed by atoms with Gasteiger partial charge in [0, 0.05) is 6.54 Å². The van der Waals surface area contributed by atoms with E-state index in [1.807, 2.05) is 11.8 Å². The number of nitrogens with zero attached hydrogens (tertiary/aromatic N) is 1. The summed E-state index contributed by atoms with van der Waals surface area (Å²) in [4.78, 5) is 13.6. The van der Waals surface area contributed by atoms with E-state index in [1.165, 1.54) is 12.1 Å². The topological polar surface area (TPSA) is 20.3 Å². The van der Waals surface area contributed by atoms with Gasteiger partial charge in [0.2, 0.25) is 5.91 Å². The molecule has 0 N–H and O–H groups in total. The number of rotatable bonds is 2. The van der Waals surface area contributed by atoms with Gasteiger partial charge in [-0.25, -0.2) is 4.39 Å². The first kappa shape index (κ1) is 11.6. The summed E-state index contributed by atoms with van der Waals surface area (Å²) >= 11 is 3.35. The molecule has 0 saturated carbocycles. The average molecular weight is 286 g/mol. The summed E-state index contributed by atoms with van der Waals surface area (Å²) < 4.78 is 12.8. The Kier molecular flexibility index (Phi) is 3.28. The quantitative estimate of drug-likeness (QED) is 0.765. The molecule has 1 aromatic carbocycles. The lowest BCUT2D eigenvalue weighted by Crippen LogP contribution is -2.30. The molecule has 0 aromatic heterocycles. The van der Waals surface area contributed by atoms with Gasteiger partial charge in [-0.15, -0.1) is 0 Å². The Morgan fingerprint density at radius 1 is 1.44 bits per heavy atom. The van der Waals surface area contributed by atoms with Gasteiger partial charge in [0.15, 0.2) is 0 Å². The Labute approximate surface area is 103 Å². The molecule has 86 valence electrons. The summed E-state index contributed by atoms with van der Waals surface area (Å²) in [5, 5.41) is 0. The minimum Gasteiger partial charge on any atom is -0.335 e. The van der Waals surface area contributed by atoms with E-state index >= 15 is 0 Å². The third kappa shape index (κ3) is 2.12. The van der Waals surface area contributed by atoms with Crippen molar-refractivity contribution in [2.24, 2.45) is 0 Å². The predicted octanol–water partition coefficient (Wildman–Crippen LogP) is 2.88. The molecule has 0 spiro atoms. The van der Waals surface area contributed by atoms with Gasteiger partial charge in [0.1, 0.15) is 5.82 Å². The monoisotopic (exact) mass is 285 g/mol. The van der Waals surface area contributed by atoms with E-state index in [-0.39, 0.29) is 22.6 Å². The second-order valence-electron chi connectivity index (χ2n) is 4.02. The van der Waals surface area contributed by atoms with Crippen molar-refractivity contribution in [2.75, 3.05) is 6.54 Å². The molecule has 4 heteroatoms. The largest absolute Gasteiger partial charge is 0.335 e. The maximum absolute atomic E-state index is 12.8. The first-order valence-corrected chi connectivity index (χ1v) is 6.21. The van der Waals surface area contributed by atoms with Gasteiger partial charge >= 0.3 is 0 Å². The summed E-state index contributed by atoms with van der Waals surface area (Å²) in [5.74, 6) is -0.126. The van der Waals surface area contributed by atoms with E-state index in [0.29, 0.717) is 0 Å². The molecule has 2 rings (SSSR count). The van der Waals surface area contributed by atoms with Crippen LogP contribution in [0.5, 0.6) is 0 Å². The number of hydrogen-bond acceptors (Lipinski definition) is 1. The smallest absolute Gasteiger partial charge is 0.236 e. The normalized spacial score (nSPS) is 22.6. The molecule has 1 fully saturated rings. The second kappa shape index (κ2) is 4.53. The van der Waals surface area contributed by atoms with Crippen LogP contribution >= 0.6 is 15.9 Å². The zero-order valence-electron chi connectivity index (χ0n) is 8.99. The molecule has 0 aliphatic carbocycles. The molecule has 1 aromatic rings. The number of carbonyl (C=O) groups excluding carboxylic acids is 1. The molecule has 0 radical (unpaired) electrons. The summed E-state index contributed by atoms with van der Waals surface area (Å²) in [5.41, 5.74) is 0.969. The van der Waals surface area contributed by atoms with E-state index in [0.717, 1.165) is 18.5 Å². The average Bonchev–Trinajstić information content (AvgIpc) is 2.60. The second-order valence-corrected chi connectivity index (χ2v) is 5.12. The molecule has 2 nitrogen and oxygen atoms in total. The number of benzene rings is 1. The number of halogens is 2. The highest BCUT2D eigenvalue weighted by molar-refractivity contribution is 9.10. The molecule has 1 aliphatic rings. The van der Waals surface area contributed by atoms with Crippen LogP contribution in [0.1, 0.15) is 24.9 Å². The number of alkyl halides is 1. The van der Waals surface area contributed by atoms with Crippen LogP contribution in [0, 0.1) is 5.82 Å². The van der Waals surface area contributed by atoms with Gasteiger partial charge in [0.05, 0.1) is 10.9 Å². The molecular formula is C12H13BrFNO. The lowest BCUT2D eigenvalue weighted by molar-refractivity contribution is -0.128. The molecular weight excluding hydrogens is 273 g/mol. The highest BCUT2D eigenvalue weighted by Gasteiger charge is 2.32. The highest BCUT2D eigenvalue weighted by atomic mass is 79.9. The predicted molar refractivity (Wildman–Crippen MR) is 63.9 cm³/mol. The van der Waals surface area contributed by atoms with Crippen LogP contribution in [0.15, 0.2) is 24.3 Å². The highest BCUT2D eigenvalue weighted by Crippen LogP contribution is 2.28. The fourth-order valence-corrected chi connectivity index (χ4v) is 2.44. The van der Waals surface area contributed by atoms with Crippen molar-refractivity contribution in [2.45, 2.75) is 24.2 Å². The number of hydrogen-bond donors (Lipinski definition) is 0. The minimum atomic E-state index is -0.248. The van der Waals surface area contributed by atoms with E-state index < -0.39 is 0 Å². The van der Waals surface area contributed by atoms with Crippen molar-refractivity contribution in [3.8, 4) is 0 Å². The van der Waals surface area contributed by atoms with Crippen LogP contribution < -0.4 is 0 Å². The van der Waals surface area contributed by atoms with Crippen molar-refractivity contribution in [1.82, 2.24) is 4.90 Å². The van der Waals surface area contributed by atoms with Crippen LogP contribution in [-0.4, -0.2) is 22.2 Å².